The average Bonchev–Trinajstić information content (AvgIpc) is 3.44. The van der Waals surface area contributed by atoms with E-state index < -0.39 is 6.09 Å². The van der Waals surface area contributed by atoms with Gasteiger partial charge in [0.05, 0.1) is 17.4 Å². The number of H-pyrrole nitrogens is 1. The summed E-state index contributed by atoms with van der Waals surface area (Å²) in [7, 11) is 1.91. The molecule has 0 aliphatic carbocycles. The maximum atomic E-state index is 11.1. The second-order valence-corrected chi connectivity index (χ2v) is 8.85. The number of amides is 1. The largest absolute Gasteiger partial charge is 0.465 e. The minimum atomic E-state index is -0.829. The number of carboxylic acid groups (broad SMARTS) is 1. The quantitative estimate of drug-likeness (QED) is 0.469. The lowest BCUT2D eigenvalue weighted by atomic mass is 9.99. The molecular weight excluding hydrogens is 428 g/mol. The fourth-order valence-corrected chi connectivity index (χ4v) is 4.47. The zero-order valence-electron chi connectivity index (χ0n) is 19.4. The minimum Gasteiger partial charge on any atom is -0.465 e. The van der Waals surface area contributed by atoms with Crippen LogP contribution in [-0.4, -0.2) is 67.2 Å². The smallest absolute Gasteiger partial charge is 0.407 e. The van der Waals surface area contributed by atoms with Gasteiger partial charge in [-0.2, -0.15) is 10.2 Å². The number of hydrogen-bond acceptors (Lipinski definition) is 4. The highest BCUT2D eigenvalue weighted by Gasteiger charge is 2.20. The first-order chi connectivity index (χ1) is 16.5. The van der Waals surface area contributed by atoms with Crippen LogP contribution in [0.5, 0.6) is 0 Å². The molecule has 1 aliphatic rings. The van der Waals surface area contributed by atoms with Crippen molar-refractivity contribution in [3.63, 3.8) is 0 Å². The Balaban J connectivity index is 1.33. The Bertz CT molecular complexity index is 1340. The van der Waals surface area contributed by atoms with Crippen LogP contribution in [0.15, 0.2) is 48.8 Å². The summed E-state index contributed by atoms with van der Waals surface area (Å²) < 4.78 is 1.78. The van der Waals surface area contributed by atoms with Gasteiger partial charge in [0.1, 0.15) is 0 Å². The summed E-state index contributed by atoms with van der Waals surface area (Å²) in [5.41, 5.74) is 7.67. The third kappa shape index (κ3) is 4.58. The van der Waals surface area contributed by atoms with Crippen molar-refractivity contribution in [2.24, 2.45) is 7.05 Å². The van der Waals surface area contributed by atoms with E-state index in [9.17, 15) is 4.79 Å². The maximum absolute atomic E-state index is 11.1. The molecule has 2 aromatic heterocycles. The molecule has 5 rings (SSSR count). The molecule has 0 unspecified atom stereocenters. The van der Waals surface area contributed by atoms with E-state index in [0.717, 1.165) is 58.5 Å². The Hall–Kier alpha value is -3.91. The predicted octanol–water partition coefficient (Wildman–Crippen LogP) is 4.24. The van der Waals surface area contributed by atoms with Crippen LogP contribution >= 0.6 is 0 Å². The van der Waals surface area contributed by atoms with Crippen molar-refractivity contribution in [1.82, 2.24) is 29.8 Å². The molecule has 0 spiro atoms. The standard InChI is InChI=1S/C26H28N6O2/c1-18-13-22(14-23-24(28-29-25(18)23)8-5-20-15-27-30(2)16-20)21-6-3-19(4-7-21)17-31-9-11-32(12-10-31)26(33)34/h3-8,13-16H,9-12,17H2,1-2H3,(H,28,29)(H,33,34). The zero-order valence-corrected chi connectivity index (χ0v) is 19.4. The molecule has 8 nitrogen and oxygen atoms in total. The molecule has 3 heterocycles. The third-order valence-electron chi connectivity index (χ3n) is 6.38. The zero-order chi connectivity index (χ0) is 23.7. The van der Waals surface area contributed by atoms with Crippen molar-refractivity contribution in [2.45, 2.75) is 13.5 Å². The molecule has 0 radical (unpaired) electrons. The topological polar surface area (TPSA) is 90.3 Å². The van der Waals surface area contributed by atoms with Gasteiger partial charge in [-0.15, -0.1) is 0 Å². The van der Waals surface area contributed by atoms with Gasteiger partial charge in [-0.1, -0.05) is 24.3 Å². The van der Waals surface area contributed by atoms with Gasteiger partial charge in [-0.25, -0.2) is 4.79 Å². The van der Waals surface area contributed by atoms with E-state index in [-0.39, 0.29) is 0 Å². The number of carbonyl (C=O) groups is 1. The second kappa shape index (κ2) is 9.15. The summed E-state index contributed by atoms with van der Waals surface area (Å²) in [6, 6.07) is 13.0. The number of aromatic amines is 1. The first kappa shape index (κ1) is 21.9. The fourth-order valence-electron chi connectivity index (χ4n) is 4.47. The Morgan fingerprint density at radius 2 is 1.85 bits per heavy atom. The van der Waals surface area contributed by atoms with Crippen LogP contribution < -0.4 is 0 Å². The second-order valence-electron chi connectivity index (χ2n) is 8.85. The molecule has 0 bridgehead atoms. The van der Waals surface area contributed by atoms with E-state index in [1.807, 2.05) is 31.6 Å². The lowest BCUT2D eigenvalue weighted by Crippen LogP contribution is -2.47. The number of aromatic nitrogens is 4. The number of nitrogens with zero attached hydrogens (tertiary/aromatic N) is 5. The molecule has 0 atom stereocenters. The number of rotatable bonds is 5. The molecule has 1 aliphatic heterocycles. The van der Waals surface area contributed by atoms with Crippen LogP contribution in [0.2, 0.25) is 0 Å². The summed E-state index contributed by atoms with van der Waals surface area (Å²) in [6.07, 6.45) is 7.05. The van der Waals surface area contributed by atoms with Crippen LogP contribution in [0.4, 0.5) is 4.79 Å². The number of nitrogens with one attached hydrogen (secondary N) is 1. The van der Waals surface area contributed by atoms with Crippen LogP contribution in [-0.2, 0) is 13.6 Å². The molecule has 2 N–H and O–H groups in total. The van der Waals surface area contributed by atoms with Gasteiger partial charge in [-0.05, 0) is 53.5 Å². The van der Waals surface area contributed by atoms with E-state index in [2.05, 4.69) is 63.5 Å². The van der Waals surface area contributed by atoms with Crippen molar-refractivity contribution < 1.29 is 9.90 Å². The monoisotopic (exact) mass is 456 g/mol. The summed E-state index contributed by atoms with van der Waals surface area (Å²) in [5, 5.41) is 22.1. The van der Waals surface area contributed by atoms with Crippen LogP contribution in [0.3, 0.4) is 0 Å². The van der Waals surface area contributed by atoms with Gasteiger partial charge in [-0.3, -0.25) is 14.7 Å². The summed E-state index contributed by atoms with van der Waals surface area (Å²) in [6.45, 7) is 5.58. The highest BCUT2D eigenvalue weighted by molar-refractivity contribution is 5.94. The Labute approximate surface area is 198 Å². The van der Waals surface area contributed by atoms with Crippen molar-refractivity contribution in [2.75, 3.05) is 26.2 Å². The van der Waals surface area contributed by atoms with Crippen molar-refractivity contribution >= 4 is 29.1 Å². The van der Waals surface area contributed by atoms with Crippen molar-refractivity contribution in [3.05, 3.63) is 71.2 Å². The van der Waals surface area contributed by atoms with Crippen molar-refractivity contribution in [1.29, 1.82) is 0 Å². The highest BCUT2D eigenvalue weighted by Crippen LogP contribution is 2.29. The minimum absolute atomic E-state index is 0.564. The molecule has 8 heteroatoms. The normalized spacial score (nSPS) is 14.9. The van der Waals surface area contributed by atoms with Gasteiger partial charge in [0.25, 0.3) is 0 Å². The number of benzene rings is 2. The third-order valence-corrected chi connectivity index (χ3v) is 6.38. The number of aryl methyl sites for hydroxylation is 2. The molecule has 2 aromatic carbocycles. The van der Waals surface area contributed by atoms with Crippen molar-refractivity contribution in [3.8, 4) is 11.1 Å². The van der Waals surface area contributed by atoms with Gasteiger partial charge in [0, 0.05) is 56.9 Å². The van der Waals surface area contributed by atoms with Crippen LogP contribution in [0.1, 0.15) is 22.4 Å². The van der Waals surface area contributed by atoms with E-state index in [4.69, 9.17) is 5.11 Å². The van der Waals surface area contributed by atoms with Gasteiger partial charge >= 0.3 is 6.09 Å². The number of hydrogen-bond donors (Lipinski definition) is 2. The molecule has 1 fully saturated rings. The van der Waals surface area contributed by atoms with Gasteiger partial charge < -0.3 is 10.0 Å². The summed E-state index contributed by atoms with van der Waals surface area (Å²) in [5.74, 6) is 0. The van der Waals surface area contributed by atoms with E-state index in [0.29, 0.717) is 13.1 Å². The predicted molar refractivity (Wildman–Crippen MR) is 133 cm³/mol. The SMILES string of the molecule is Cc1cc(-c2ccc(CN3CCN(C(=O)O)CC3)cc2)cc2c(C=Cc3cnn(C)c3)[nH]nc12. The number of piperazine rings is 1. The lowest BCUT2D eigenvalue weighted by molar-refractivity contribution is 0.103. The van der Waals surface area contributed by atoms with E-state index in [1.54, 1.807) is 4.68 Å². The first-order valence-electron chi connectivity index (χ1n) is 11.4. The van der Waals surface area contributed by atoms with Crippen LogP contribution in [0.25, 0.3) is 34.2 Å². The van der Waals surface area contributed by atoms with Crippen LogP contribution in [0, 0.1) is 6.92 Å². The Morgan fingerprint density at radius 3 is 2.53 bits per heavy atom. The Morgan fingerprint density at radius 1 is 1.09 bits per heavy atom. The molecular formula is C26H28N6O2. The lowest BCUT2D eigenvalue weighted by Gasteiger charge is -2.33. The summed E-state index contributed by atoms with van der Waals surface area (Å²) >= 11 is 0. The van der Waals surface area contributed by atoms with E-state index in [1.165, 1.54) is 10.5 Å². The molecule has 4 aromatic rings. The summed E-state index contributed by atoms with van der Waals surface area (Å²) in [4.78, 5) is 14.9. The molecule has 1 amide bonds. The molecule has 34 heavy (non-hydrogen) atoms. The van der Waals surface area contributed by atoms with E-state index >= 15 is 0 Å². The number of fused-ring (bicyclic) bond motifs is 1. The maximum Gasteiger partial charge on any atom is 0.407 e. The van der Waals surface area contributed by atoms with Gasteiger partial charge in [0.2, 0.25) is 0 Å². The van der Waals surface area contributed by atoms with Gasteiger partial charge in [0.15, 0.2) is 0 Å². The fraction of sp³-hybridized carbons (Fsp3) is 0.269. The Kier molecular flexibility index (Phi) is 5.90. The first-order valence-corrected chi connectivity index (χ1v) is 11.4. The molecule has 0 saturated carbocycles. The molecule has 1 saturated heterocycles. The highest BCUT2D eigenvalue weighted by atomic mass is 16.4. The average molecular weight is 457 g/mol. The molecule has 174 valence electrons.